The second kappa shape index (κ2) is 4.80. The first kappa shape index (κ1) is 12.6. The van der Waals surface area contributed by atoms with Crippen molar-refractivity contribution in [3.8, 4) is 0 Å². The van der Waals surface area contributed by atoms with E-state index in [1.165, 1.54) is 0 Å². The molecule has 0 amide bonds. The first-order valence-electron chi connectivity index (χ1n) is 6.20. The molecular formula is C14H17NO3. The van der Waals surface area contributed by atoms with Gasteiger partial charge in [-0.2, -0.15) is 0 Å². The lowest BCUT2D eigenvalue weighted by molar-refractivity contribution is -0.147. The summed E-state index contributed by atoms with van der Waals surface area (Å²) in [4.78, 5) is 24.1. The number of nitrogens with two attached hydrogens (primary N) is 1. The maximum Gasteiger partial charge on any atom is 0.317 e. The molecule has 4 nitrogen and oxygen atoms in total. The van der Waals surface area contributed by atoms with Gasteiger partial charge in [0, 0.05) is 11.3 Å². The Morgan fingerprint density at radius 2 is 1.72 bits per heavy atom. The molecule has 0 saturated heterocycles. The molecule has 2 rings (SSSR count). The molecule has 0 heterocycles. The van der Waals surface area contributed by atoms with Crippen LogP contribution in [0.2, 0.25) is 0 Å². The monoisotopic (exact) mass is 247 g/mol. The summed E-state index contributed by atoms with van der Waals surface area (Å²) in [5, 5.41) is 9.45. The van der Waals surface area contributed by atoms with Crippen molar-refractivity contribution < 1.29 is 14.7 Å². The number of carboxylic acid groups (broad SMARTS) is 1. The van der Waals surface area contributed by atoms with Gasteiger partial charge in [-0.05, 0) is 25.0 Å². The summed E-state index contributed by atoms with van der Waals surface area (Å²) in [6, 6.07) is 6.69. The minimum Gasteiger partial charge on any atom is -0.480 e. The zero-order valence-corrected chi connectivity index (χ0v) is 10.2. The van der Waals surface area contributed by atoms with Crippen molar-refractivity contribution in [2.75, 3.05) is 5.73 Å². The van der Waals surface area contributed by atoms with Crippen LogP contribution in [0.25, 0.3) is 0 Å². The summed E-state index contributed by atoms with van der Waals surface area (Å²) in [5.41, 5.74) is 5.19. The summed E-state index contributed by atoms with van der Waals surface area (Å²) in [6.45, 7) is 0. The molecule has 1 aliphatic rings. The minimum atomic E-state index is -1.27. The number of hydrogen-bond acceptors (Lipinski definition) is 3. The molecular weight excluding hydrogens is 230 g/mol. The van der Waals surface area contributed by atoms with Crippen molar-refractivity contribution in [2.24, 2.45) is 5.41 Å². The second-order valence-corrected chi connectivity index (χ2v) is 4.86. The maximum absolute atomic E-state index is 12.5. The lowest BCUT2D eigenvalue weighted by Crippen LogP contribution is -2.41. The number of carbonyl (C=O) groups excluding carboxylic acids is 1. The molecule has 0 bridgehead atoms. The van der Waals surface area contributed by atoms with Gasteiger partial charge in [0.15, 0.2) is 5.78 Å². The molecule has 4 heteroatoms. The third-order valence-corrected chi connectivity index (χ3v) is 3.76. The first-order valence-corrected chi connectivity index (χ1v) is 6.20. The van der Waals surface area contributed by atoms with Gasteiger partial charge in [-0.15, -0.1) is 0 Å². The third-order valence-electron chi connectivity index (χ3n) is 3.76. The normalized spacial score (nSPS) is 18.2. The van der Waals surface area contributed by atoms with E-state index in [4.69, 9.17) is 5.73 Å². The number of benzene rings is 1. The molecule has 1 aromatic carbocycles. The Balaban J connectivity index is 2.41. The molecule has 18 heavy (non-hydrogen) atoms. The molecule has 0 aliphatic heterocycles. The van der Waals surface area contributed by atoms with Gasteiger partial charge in [-0.1, -0.05) is 31.4 Å². The minimum absolute atomic E-state index is 0.335. The van der Waals surface area contributed by atoms with Crippen molar-refractivity contribution in [3.63, 3.8) is 0 Å². The molecule has 0 spiro atoms. The Kier molecular flexibility index (Phi) is 3.36. The predicted molar refractivity (Wildman–Crippen MR) is 68.3 cm³/mol. The Morgan fingerprint density at radius 1 is 1.11 bits per heavy atom. The van der Waals surface area contributed by atoms with Gasteiger partial charge < -0.3 is 10.8 Å². The topological polar surface area (TPSA) is 80.4 Å². The number of carbonyl (C=O) groups is 2. The number of para-hydroxylation sites is 1. The summed E-state index contributed by atoms with van der Waals surface area (Å²) in [7, 11) is 0. The fraction of sp³-hybridized carbons (Fsp3) is 0.429. The van der Waals surface area contributed by atoms with Crippen molar-refractivity contribution in [1.82, 2.24) is 0 Å². The number of Topliss-reactive ketones (excluding diaryl/α,β-unsaturated/α-hetero) is 1. The fourth-order valence-electron chi connectivity index (χ4n) is 2.65. The number of rotatable bonds is 3. The average Bonchev–Trinajstić information content (AvgIpc) is 2.39. The largest absolute Gasteiger partial charge is 0.480 e. The molecule has 0 radical (unpaired) electrons. The van der Waals surface area contributed by atoms with E-state index in [0.717, 1.165) is 19.3 Å². The Hall–Kier alpha value is -1.84. The van der Waals surface area contributed by atoms with Gasteiger partial charge in [0.25, 0.3) is 0 Å². The fourth-order valence-corrected chi connectivity index (χ4v) is 2.65. The van der Waals surface area contributed by atoms with Crippen LogP contribution >= 0.6 is 0 Å². The highest BCUT2D eigenvalue weighted by Gasteiger charge is 2.47. The highest BCUT2D eigenvalue weighted by Crippen LogP contribution is 2.40. The van der Waals surface area contributed by atoms with Crippen LogP contribution in [-0.4, -0.2) is 16.9 Å². The first-order chi connectivity index (χ1) is 8.58. The van der Waals surface area contributed by atoms with Crippen LogP contribution in [0.3, 0.4) is 0 Å². The highest BCUT2D eigenvalue weighted by molar-refractivity contribution is 6.14. The number of hydrogen-bond donors (Lipinski definition) is 2. The van der Waals surface area contributed by atoms with Crippen LogP contribution in [-0.2, 0) is 4.79 Å². The van der Waals surface area contributed by atoms with E-state index in [9.17, 15) is 14.7 Å². The molecule has 1 aromatic rings. The van der Waals surface area contributed by atoms with E-state index >= 15 is 0 Å². The van der Waals surface area contributed by atoms with Crippen molar-refractivity contribution in [2.45, 2.75) is 32.1 Å². The van der Waals surface area contributed by atoms with Crippen molar-refractivity contribution in [1.29, 1.82) is 0 Å². The SMILES string of the molecule is Nc1ccccc1C(=O)C1(C(=O)O)CCCCC1. The molecule has 0 atom stereocenters. The average molecular weight is 247 g/mol. The Labute approximate surface area is 106 Å². The van der Waals surface area contributed by atoms with Gasteiger partial charge in [0.1, 0.15) is 5.41 Å². The van der Waals surface area contributed by atoms with Crippen molar-refractivity contribution in [3.05, 3.63) is 29.8 Å². The quantitative estimate of drug-likeness (QED) is 0.488. The van der Waals surface area contributed by atoms with Gasteiger partial charge in [0.05, 0.1) is 0 Å². The van der Waals surface area contributed by atoms with Gasteiger partial charge in [0.2, 0.25) is 0 Å². The van der Waals surface area contributed by atoms with Gasteiger partial charge >= 0.3 is 5.97 Å². The van der Waals surface area contributed by atoms with E-state index in [-0.39, 0.29) is 5.78 Å². The molecule has 0 aromatic heterocycles. The number of ketones is 1. The second-order valence-electron chi connectivity index (χ2n) is 4.86. The van der Waals surface area contributed by atoms with Crippen LogP contribution in [0, 0.1) is 5.41 Å². The Morgan fingerprint density at radius 3 is 2.28 bits per heavy atom. The van der Waals surface area contributed by atoms with Gasteiger partial charge in [-0.3, -0.25) is 9.59 Å². The standard InChI is InChI=1S/C14H17NO3/c15-11-7-3-2-6-10(11)12(16)14(13(17)18)8-4-1-5-9-14/h2-3,6-7H,1,4-5,8-9,15H2,(H,17,18). The van der Waals surface area contributed by atoms with Crippen LogP contribution < -0.4 is 5.73 Å². The van der Waals surface area contributed by atoms with Crippen LogP contribution in [0.5, 0.6) is 0 Å². The summed E-state index contributed by atoms with van der Waals surface area (Å²) in [6.07, 6.45) is 3.38. The van der Waals surface area contributed by atoms with Gasteiger partial charge in [-0.25, -0.2) is 0 Å². The van der Waals surface area contributed by atoms with E-state index in [0.29, 0.717) is 24.1 Å². The smallest absolute Gasteiger partial charge is 0.317 e. The molecule has 0 unspecified atom stereocenters. The number of anilines is 1. The zero-order chi connectivity index (χ0) is 13.2. The van der Waals surface area contributed by atoms with E-state index in [2.05, 4.69) is 0 Å². The summed E-state index contributed by atoms with van der Waals surface area (Å²) < 4.78 is 0. The third kappa shape index (κ3) is 1.98. The predicted octanol–water partition coefficient (Wildman–Crippen LogP) is 2.49. The lowest BCUT2D eigenvalue weighted by Gasteiger charge is -2.31. The summed E-state index contributed by atoms with van der Waals surface area (Å²) >= 11 is 0. The number of carboxylic acids is 1. The van der Waals surface area contributed by atoms with Crippen LogP contribution in [0.4, 0.5) is 5.69 Å². The Bertz CT molecular complexity index is 476. The van der Waals surface area contributed by atoms with E-state index < -0.39 is 11.4 Å². The van der Waals surface area contributed by atoms with Crippen molar-refractivity contribution >= 4 is 17.4 Å². The van der Waals surface area contributed by atoms with E-state index in [1.54, 1.807) is 24.3 Å². The molecule has 1 aliphatic carbocycles. The maximum atomic E-state index is 12.5. The highest BCUT2D eigenvalue weighted by atomic mass is 16.4. The lowest BCUT2D eigenvalue weighted by atomic mass is 9.69. The number of nitrogen functional groups attached to an aromatic ring is 1. The molecule has 1 saturated carbocycles. The van der Waals surface area contributed by atoms with Crippen LogP contribution in [0.1, 0.15) is 42.5 Å². The molecule has 96 valence electrons. The zero-order valence-electron chi connectivity index (χ0n) is 10.2. The molecule has 1 fully saturated rings. The molecule has 3 N–H and O–H groups in total. The summed E-state index contributed by atoms with van der Waals surface area (Å²) in [5.74, 6) is -1.36. The van der Waals surface area contributed by atoms with Crippen LogP contribution in [0.15, 0.2) is 24.3 Å². The van der Waals surface area contributed by atoms with E-state index in [1.807, 2.05) is 0 Å². The number of aliphatic carboxylic acids is 1.